The Labute approximate surface area is 139 Å². The number of carbonyl (C=O) groups is 2. The Morgan fingerprint density at radius 1 is 1.33 bits per heavy atom. The van der Waals surface area contributed by atoms with Crippen molar-refractivity contribution in [2.24, 2.45) is 5.73 Å². The summed E-state index contributed by atoms with van der Waals surface area (Å²) in [5, 5.41) is 8.96. The molecule has 0 spiro atoms. The molecule has 2 rings (SSSR count). The summed E-state index contributed by atoms with van der Waals surface area (Å²) in [6.07, 6.45) is 7.99. The Kier molecular flexibility index (Phi) is 6.24. The van der Waals surface area contributed by atoms with Crippen LogP contribution in [0.15, 0.2) is 12.4 Å². The molecule has 1 aliphatic carbocycles. The second-order valence-electron chi connectivity index (χ2n) is 6.07. The first-order valence-electron chi connectivity index (χ1n) is 8.07. The molecule has 1 aliphatic rings. The molecule has 0 radical (unpaired) electrons. The zero-order valence-corrected chi connectivity index (χ0v) is 13.4. The lowest BCUT2D eigenvalue weighted by molar-refractivity contribution is -0.122. The minimum atomic E-state index is -3.15. The van der Waals surface area contributed by atoms with Crippen LogP contribution in [-0.2, 0) is 11.3 Å². The lowest BCUT2D eigenvalue weighted by Gasteiger charge is -2.22. The number of nitrogens with zero attached hydrogens (tertiary/aromatic N) is 2. The number of halogens is 2. The number of amides is 2. The van der Waals surface area contributed by atoms with Gasteiger partial charge < -0.3 is 16.4 Å². The predicted molar refractivity (Wildman–Crippen MR) is 83.6 cm³/mol. The number of rotatable bonds is 7. The van der Waals surface area contributed by atoms with Crippen LogP contribution in [0.5, 0.6) is 0 Å². The van der Waals surface area contributed by atoms with E-state index in [-0.39, 0.29) is 24.1 Å². The average Bonchev–Trinajstić information content (AvgIpc) is 3.02. The van der Waals surface area contributed by atoms with E-state index in [9.17, 15) is 18.4 Å². The lowest BCUT2D eigenvalue weighted by atomic mass is 9.95. The largest absolute Gasteiger partial charge is 0.352 e. The van der Waals surface area contributed by atoms with Gasteiger partial charge in [-0.25, -0.2) is 8.78 Å². The highest BCUT2D eigenvalue weighted by Gasteiger charge is 2.27. The minimum absolute atomic E-state index is 0.0112. The lowest BCUT2D eigenvalue weighted by Crippen LogP contribution is -2.41. The monoisotopic (exact) mass is 343 g/mol. The first-order chi connectivity index (χ1) is 11.4. The van der Waals surface area contributed by atoms with Gasteiger partial charge in [0.15, 0.2) is 0 Å². The molecular weight excluding hydrogens is 320 g/mol. The second kappa shape index (κ2) is 8.18. The molecule has 1 aromatic rings. The maximum atomic E-state index is 13.0. The number of nitrogens with one attached hydrogen (secondary N) is 2. The number of hydrogen-bond donors (Lipinski definition) is 3. The third-order valence-electron chi connectivity index (χ3n) is 3.98. The van der Waals surface area contributed by atoms with Gasteiger partial charge in [0.05, 0.1) is 24.8 Å². The van der Waals surface area contributed by atoms with Gasteiger partial charge in [-0.3, -0.25) is 14.3 Å². The average molecular weight is 343 g/mol. The van der Waals surface area contributed by atoms with Gasteiger partial charge in [0.1, 0.15) is 6.54 Å². The van der Waals surface area contributed by atoms with Crippen LogP contribution in [0.25, 0.3) is 0 Å². The number of nitrogens with two attached hydrogens (primary N) is 1. The maximum absolute atomic E-state index is 13.0. The highest BCUT2D eigenvalue weighted by molar-refractivity contribution is 5.93. The molecule has 7 nitrogen and oxygen atoms in total. The Hall–Kier alpha value is -2.03. The van der Waals surface area contributed by atoms with E-state index in [2.05, 4.69) is 15.7 Å². The Balaban J connectivity index is 1.81. The van der Waals surface area contributed by atoms with Gasteiger partial charge in [0.25, 0.3) is 11.8 Å². The van der Waals surface area contributed by atoms with Gasteiger partial charge in [-0.2, -0.15) is 5.10 Å². The van der Waals surface area contributed by atoms with Gasteiger partial charge in [-0.05, 0) is 12.8 Å². The van der Waals surface area contributed by atoms with Gasteiger partial charge in [-0.1, -0.05) is 19.3 Å². The molecule has 0 aromatic carbocycles. The zero-order chi connectivity index (χ0) is 17.6. The molecule has 0 aliphatic heterocycles. The summed E-state index contributed by atoms with van der Waals surface area (Å²) in [5.74, 6) is -4.00. The summed E-state index contributed by atoms with van der Waals surface area (Å²) < 4.78 is 27.3. The fourth-order valence-corrected chi connectivity index (χ4v) is 2.62. The topological polar surface area (TPSA) is 102 Å². The van der Waals surface area contributed by atoms with Gasteiger partial charge in [-0.15, -0.1) is 0 Å². The third-order valence-corrected chi connectivity index (χ3v) is 3.98. The third kappa shape index (κ3) is 5.55. The molecule has 0 bridgehead atoms. The standard InChI is InChI=1S/C15H23F2N5O2/c16-15(17,9-18)10-19-14(24)11-6-20-22(7-11)8-13(23)21-12-4-2-1-3-5-12/h6-7,12H,1-5,8-10,18H2,(H,19,24)(H,21,23). The Morgan fingerprint density at radius 2 is 2.04 bits per heavy atom. The summed E-state index contributed by atoms with van der Waals surface area (Å²) in [5.41, 5.74) is 5.02. The molecule has 9 heteroatoms. The van der Waals surface area contributed by atoms with E-state index >= 15 is 0 Å². The van der Waals surface area contributed by atoms with Crippen LogP contribution in [0.1, 0.15) is 42.5 Å². The Bertz CT molecular complexity index is 570. The molecule has 24 heavy (non-hydrogen) atoms. The van der Waals surface area contributed by atoms with Crippen molar-refractivity contribution < 1.29 is 18.4 Å². The van der Waals surface area contributed by atoms with E-state index in [1.54, 1.807) is 0 Å². The zero-order valence-electron chi connectivity index (χ0n) is 13.4. The van der Waals surface area contributed by atoms with E-state index in [1.807, 2.05) is 0 Å². The summed E-state index contributed by atoms with van der Waals surface area (Å²) in [4.78, 5) is 23.8. The Morgan fingerprint density at radius 3 is 2.71 bits per heavy atom. The van der Waals surface area contributed by atoms with Crippen LogP contribution >= 0.6 is 0 Å². The van der Waals surface area contributed by atoms with Crippen molar-refractivity contribution in [1.29, 1.82) is 0 Å². The molecule has 1 aromatic heterocycles. The van der Waals surface area contributed by atoms with Gasteiger partial charge in [0, 0.05) is 12.2 Å². The van der Waals surface area contributed by atoms with Crippen LogP contribution in [0.3, 0.4) is 0 Å². The van der Waals surface area contributed by atoms with E-state index in [4.69, 9.17) is 5.73 Å². The smallest absolute Gasteiger partial charge is 0.277 e. The van der Waals surface area contributed by atoms with Crippen molar-refractivity contribution in [3.05, 3.63) is 18.0 Å². The molecule has 2 amide bonds. The number of aromatic nitrogens is 2. The SMILES string of the molecule is NCC(F)(F)CNC(=O)c1cnn(CC(=O)NC2CCCCC2)c1. The second-order valence-corrected chi connectivity index (χ2v) is 6.07. The van der Waals surface area contributed by atoms with Crippen molar-refractivity contribution in [3.63, 3.8) is 0 Å². The van der Waals surface area contributed by atoms with Crippen LogP contribution in [-0.4, -0.2) is 46.6 Å². The minimum Gasteiger partial charge on any atom is -0.352 e. The van der Waals surface area contributed by atoms with Crippen molar-refractivity contribution in [2.75, 3.05) is 13.1 Å². The maximum Gasteiger partial charge on any atom is 0.277 e. The molecule has 0 saturated heterocycles. The number of alkyl halides is 2. The van der Waals surface area contributed by atoms with Crippen LogP contribution in [0.4, 0.5) is 8.78 Å². The highest BCUT2D eigenvalue weighted by atomic mass is 19.3. The fourth-order valence-electron chi connectivity index (χ4n) is 2.62. The summed E-state index contributed by atoms with van der Waals surface area (Å²) in [6, 6.07) is 0.197. The molecule has 1 saturated carbocycles. The normalized spacial score (nSPS) is 16.0. The van der Waals surface area contributed by atoms with Crippen LogP contribution in [0.2, 0.25) is 0 Å². The first kappa shape index (κ1) is 18.3. The van der Waals surface area contributed by atoms with Crippen molar-refractivity contribution in [1.82, 2.24) is 20.4 Å². The van der Waals surface area contributed by atoms with E-state index in [0.717, 1.165) is 25.7 Å². The predicted octanol–water partition coefficient (Wildman–Crippen LogP) is 0.656. The fraction of sp³-hybridized carbons (Fsp3) is 0.667. The molecule has 1 heterocycles. The van der Waals surface area contributed by atoms with E-state index < -0.39 is 24.9 Å². The van der Waals surface area contributed by atoms with E-state index in [1.165, 1.54) is 23.5 Å². The van der Waals surface area contributed by atoms with Gasteiger partial charge in [0.2, 0.25) is 5.91 Å². The van der Waals surface area contributed by atoms with Crippen LogP contribution in [0, 0.1) is 0 Å². The van der Waals surface area contributed by atoms with Crippen molar-refractivity contribution >= 4 is 11.8 Å². The molecular formula is C15H23F2N5O2. The van der Waals surface area contributed by atoms with E-state index in [0.29, 0.717) is 0 Å². The summed E-state index contributed by atoms with van der Waals surface area (Å²) in [7, 11) is 0. The number of hydrogen-bond acceptors (Lipinski definition) is 4. The molecule has 0 atom stereocenters. The molecule has 134 valence electrons. The number of carbonyl (C=O) groups excluding carboxylic acids is 2. The van der Waals surface area contributed by atoms with Gasteiger partial charge >= 0.3 is 0 Å². The van der Waals surface area contributed by atoms with Crippen molar-refractivity contribution in [3.8, 4) is 0 Å². The van der Waals surface area contributed by atoms with Crippen LogP contribution < -0.4 is 16.4 Å². The first-order valence-corrected chi connectivity index (χ1v) is 8.07. The quantitative estimate of drug-likeness (QED) is 0.677. The highest BCUT2D eigenvalue weighted by Crippen LogP contribution is 2.17. The molecule has 0 unspecified atom stereocenters. The summed E-state index contributed by atoms with van der Waals surface area (Å²) >= 11 is 0. The molecule has 1 fully saturated rings. The van der Waals surface area contributed by atoms with Crippen molar-refractivity contribution in [2.45, 2.75) is 50.6 Å². The summed E-state index contributed by atoms with van der Waals surface area (Å²) in [6.45, 7) is -1.69. The molecule has 4 N–H and O–H groups in total.